The summed E-state index contributed by atoms with van der Waals surface area (Å²) in [5.41, 5.74) is 3.50. The monoisotopic (exact) mass is 590 g/mol. The number of carbonyl (C=O) groups is 1. The predicted molar refractivity (Wildman–Crippen MR) is 161 cm³/mol. The molecule has 1 saturated heterocycles. The average Bonchev–Trinajstić information content (AvgIpc) is 3.29. The van der Waals surface area contributed by atoms with Crippen LogP contribution in [0.4, 0.5) is 0 Å². The third-order valence-electron chi connectivity index (χ3n) is 8.16. The molecule has 42 heavy (non-hydrogen) atoms. The number of pyridine rings is 2. The Balaban J connectivity index is 1.12. The zero-order chi connectivity index (χ0) is 29.1. The van der Waals surface area contributed by atoms with Gasteiger partial charge in [-0.3, -0.25) is 18.9 Å². The van der Waals surface area contributed by atoms with E-state index in [0.29, 0.717) is 53.5 Å². The van der Waals surface area contributed by atoms with Crippen molar-refractivity contribution in [3.63, 3.8) is 0 Å². The summed E-state index contributed by atoms with van der Waals surface area (Å²) < 4.78 is 15.1. The minimum absolute atomic E-state index is 0.00313. The average molecular weight is 591 g/mol. The van der Waals surface area contributed by atoms with Gasteiger partial charge in [-0.2, -0.15) is 0 Å². The summed E-state index contributed by atoms with van der Waals surface area (Å²) in [6, 6.07) is 13.3. The largest absolute Gasteiger partial charge is 0.475 e. The van der Waals surface area contributed by atoms with Crippen LogP contribution in [0.25, 0.3) is 16.7 Å². The first-order valence-corrected chi connectivity index (χ1v) is 14.9. The number of fused-ring (bicyclic) bond motifs is 1. The molecule has 1 aromatic carbocycles. The van der Waals surface area contributed by atoms with Gasteiger partial charge < -0.3 is 20.1 Å². The summed E-state index contributed by atoms with van der Waals surface area (Å²) in [4.78, 5) is 35.3. The molecule has 6 rings (SSSR count). The lowest BCUT2D eigenvalue weighted by Crippen LogP contribution is -2.41. The molecular formula is C31H35ClN6O4. The summed E-state index contributed by atoms with van der Waals surface area (Å²) in [5, 5.41) is 6.88. The van der Waals surface area contributed by atoms with Crippen molar-refractivity contribution < 1.29 is 14.3 Å². The number of aryl methyl sites for hydroxylation is 1. The Kier molecular flexibility index (Phi) is 8.55. The number of benzene rings is 1. The Morgan fingerprint density at radius 1 is 1.12 bits per heavy atom. The molecule has 1 aliphatic carbocycles. The molecule has 0 radical (unpaired) electrons. The van der Waals surface area contributed by atoms with Gasteiger partial charge in [0.15, 0.2) is 0 Å². The summed E-state index contributed by atoms with van der Waals surface area (Å²) in [6.07, 6.45) is 6.75. The molecular weight excluding hydrogens is 556 g/mol. The van der Waals surface area contributed by atoms with Crippen molar-refractivity contribution in [1.82, 2.24) is 29.7 Å². The molecule has 3 aromatic heterocycles. The van der Waals surface area contributed by atoms with Gasteiger partial charge in [0.2, 0.25) is 5.88 Å². The number of halogens is 1. The molecule has 0 spiro atoms. The maximum absolute atomic E-state index is 13.8. The number of nitrogens with one attached hydrogen (secondary N) is 2. The number of para-hydroxylation sites is 2. The molecule has 11 heteroatoms. The molecule has 2 aliphatic rings. The van der Waals surface area contributed by atoms with Gasteiger partial charge in [0.05, 0.1) is 45.8 Å². The molecule has 1 aliphatic heterocycles. The Morgan fingerprint density at radius 2 is 1.93 bits per heavy atom. The number of morpholine rings is 1. The van der Waals surface area contributed by atoms with Gasteiger partial charge in [0, 0.05) is 37.9 Å². The number of imidazole rings is 1. The van der Waals surface area contributed by atoms with Crippen LogP contribution in [0.2, 0.25) is 5.02 Å². The van der Waals surface area contributed by atoms with E-state index in [1.54, 1.807) is 36.0 Å². The van der Waals surface area contributed by atoms with Crippen LogP contribution in [0.5, 0.6) is 5.88 Å². The Bertz CT molecular complexity index is 1600. The standard InChI is InChI=1S/C31H35ClN6O4/c1-20-26(14-22(32)15-34-20)30(39)36-23-8-6-21(7-9-23)18-37-27-4-2-3-5-28(27)38(31(37)40)24-10-11-29(35-16-24)42-19-25-17-33-12-13-41-25/h2-5,10-11,14-16,21,23,25,33H,6-9,12-13,17-19H2,1H3,(H,36,39). The molecule has 2 fully saturated rings. The highest BCUT2D eigenvalue weighted by Crippen LogP contribution is 2.28. The Morgan fingerprint density at radius 3 is 2.67 bits per heavy atom. The second-order valence-electron chi connectivity index (χ2n) is 11.1. The van der Waals surface area contributed by atoms with Gasteiger partial charge in [0.1, 0.15) is 12.7 Å². The van der Waals surface area contributed by atoms with Crippen LogP contribution >= 0.6 is 11.6 Å². The Labute approximate surface area is 249 Å². The fourth-order valence-electron chi connectivity index (χ4n) is 5.88. The Hall–Kier alpha value is -3.73. The van der Waals surface area contributed by atoms with Gasteiger partial charge in [-0.1, -0.05) is 23.7 Å². The van der Waals surface area contributed by atoms with Crippen molar-refractivity contribution in [2.45, 2.75) is 51.3 Å². The summed E-state index contributed by atoms with van der Waals surface area (Å²) in [6.45, 7) is 5.13. The highest BCUT2D eigenvalue weighted by Gasteiger charge is 2.26. The van der Waals surface area contributed by atoms with Crippen LogP contribution in [-0.2, 0) is 11.3 Å². The zero-order valence-corrected chi connectivity index (χ0v) is 24.3. The van der Waals surface area contributed by atoms with E-state index in [1.807, 2.05) is 34.9 Å². The number of nitrogens with zero attached hydrogens (tertiary/aromatic N) is 4. The molecule has 220 valence electrons. The molecule has 1 unspecified atom stereocenters. The van der Waals surface area contributed by atoms with Crippen LogP contribution in [0.3, 0.4) is 0 Å². The van der Waals surface area contributed by atoms with Crippen molar-refractivity contribution >= 4 is 28.5 Å². The van der Waals surface area contributed by atoms with Gasteiger partial charge in [-0.05, 0) is 62.8 Å². The third kappa shape index (κ3) is 6.21. The van der Waals surface area contributed by atoms with E-state index in [9.17, 15) is 9.59 Å². The maximum Gasteiger partial charge on any atom is 0.333 e. The van der Waals surface area contributed by atoms with Crippen LogP contribution < -0.4 is 21.1 Å². The minimum atomic E-state index is -0.144. The fraction of sp³-hybridized carbons (Fsp3) is 0.419. The van der Waals surface area contributed by atoms with E-state index in [4.69, 9.17) is 21.1 Å². The third-order valence-corrected chi connectivity index (χ3v) is 8.36. The van der Waals surface area contributed by atoms with Crippen LogP contribution in [-0.4, -0.2) is 63.5 Å². The first-order valence-electron chi connectivity index (χ1n) is 14.5. The second kappa shape index (κ2) is 12.6. The lowest BCUT2D eigenvalue weighted by molar-refractivity contribution is -0.000739. The van der Waals surface area contributed by atoms with Crippen LogP contribution in [0, 0.1) is 12.8 Å². The van der Waals surface area contributed by atoms with Crippen molar-refractivity contribution in [3.8, 4) is 11.6 Å². The predicted octanol–water partition coefficient (Wildman–Crippen LogP) is 3.90. The summed E-state index contributed by atoms with van der Waals surface area (Å²) in [7, 11) is 0. The first kappa shape index (κ1) is 28.4. The number of hydrogen-bond donors (Lipinski definition) is 2. The van der Waals surface area contributed by atoms with Gasteiger partial charge in [0.25, 0.3) is 5.91 Å². The highest BCUT2D eigenvalue weighted by molar-refractivity contribution is 6.30. The van der Waals surface area contributed by atoms with Crippen LogP contribution in [0.1, 0.15) is 41.7 Å². The molecule has 0 bridgehead atoms. The van der Waals surface area contributed by atoms with E-state index in [1.165, 1.54) is 0 Å². The topological polar surface area (TPSA) is 112 Å². The van der Waals surface area contributed by atoms with Gasteiger partial charge >= 0.3 is 5.69 Å². The number of aromatic nitrogens is 4. The molecule has 1 atom stereocenters. The maximum atomic E-state index is 13.8. The van der Waals surface area contributed by atoms with Crippen LogP contribution in [0.15, 0.2) is 59.7 Å². The lowest BCUT2D eigenvalue weighted by atomic mass is 9.85. The smallest absolute Gasteiger partial charge is 0.333 e. The zero-order valence-electron chi connectivity index (χ0n) is 23.6. The molecule has 4 heterocycles. The number of amides is 1. The molecule has 1 saturated carbocycles. The summed E-state index contributed by atoms with van der Waals surface area (Å²) in [5.74, 6) is 0.681. The normalized spacial score (nSPS) is 20.9. The minimum Gasteiger partial charge on any atom is -0.475 e. The fourth-order valence-corrected chi connectivity index (χ4v) is 6.04. The van der Waals surface area contributed by atoms with Crippen molar-refractivity contribution in [3.05, 3.63) is 81.6 Å². The summed E-state index contributed by atoms with van der Waals surface area (Å²) >= 11 is 6.05. The van der Waals surface area contributed by atoms with E-state index >= 15 is 0 Å². The molecule has 4 aromatic rings. The van der Waals surface area contributed by atoms with E-state index < -0.39 is 0 Å². The van der Waals surface area contributed by atoms with Crippen molar-refractivity contribution in [2.75, 3.05) is 26.3 Å². The van der Waals surface area contributed by atoms with Gasteiger partial charge in [-0.25, -0.2) is 9.78 Å². The van der Waals surface area contributed by atoms with Crippen molar-refractivity contribution in [1.29, 1.82) is 0 Å². The first-order chi connectivity index (χ1) is 20.5. The lowest BCUT2D eigenvalue weighted by Gasteiger charge is -2.29. The number of rotatable bonds is 8. The number of ether oxygens (including phenoxy) is 2. The number of hydrogen-bond acceptors (Lipinski definition) is 7. The van der Waals surface area contributed by atoms with E-state index in [2.05, 4.69) is 20.6 Å². The quantitative estimate of drug-likeness (QED) is 0.320. The number of carbonyl (C=O) groups excluding carboxylic acids is 1. The van der Waals surface area contributed by atoms with Gasteiger partial charge in [-0.15, -0.1) is 0 Å². The van der Waals surface area contributed by atoms with Crippen molar-refractivity contribution in [2.24, 2.45) is 5.92 Å². The second-order valence-corrected chi connectivity index (χ2v) is 11.5. The molecule has 10 nitrogen and oxygen atoms in total. The van der Waals surface area contributed by atoms with E-state index in [-0.39, 0.29) is 23.7 Å². The van der Waals surface area contributed by atoms with E-state index in [0.717, 1.165) is 49.8 Å². The SMILES string of the molecule is Cc1ncc(Cl)cc1C(=O)NC1CCC(Cn2c(=O)n(-c3ccc(OCC4CNCCO4)nc3)c3ccccc32)CC1. The molecule has 2 N–H and O–H groups in total. The molecule has 1 amide bonds. The highest BCUT2D eigenvalue weighted by atomic mass is 35.5.